The van der Waals surface area contributed by atoms with Gasteiger partial charge in [0.05, 0.1) is 11.0 Å². The van der Waals surface area contributed by atoms with Gasteiger partial charge in [0.2, 0.25) is 0 Å². The summed E-state index contributed by atoms with van der Waals surface area (Å²) in [6.45, 7) is 3.37. The summed E-state index contributed by atoms with van der Waals surface area (Å²) in [5.74, 6) is 1.31. The minimum absolute atomic E-state index is 0.625. The molecule has 2 atom stereocenters. The first-order valence-electron chi connectivity index (χ1n) is 10.1. The van der Waals surface area contributed by atoms with E-state index in [4.69, 9.17) is 4.98 Å². The normalized spacial score (nSPS) is 25.4. The van der Waals surface area contributed by atoms with Crippen molar-refractivity contribution in [3.8, 4) is 11.1 Å². The molecule has 0 radical (unpaired) electrons. The molecule has 1 saturated heterocycles. The fourth-order valence-corrected chi connectivity index (χ4v) is 5.31. The molecule has 3 aromatic rings. The van der Waals surface area contributed by atoms with E-state index in [9.17, 15) is 0 Å². The molecule has 0 amide bonds. The van der Waals surface area contributed by atoms with Gasteiger partial charge in [0.1, 0.15) is 5.82 Å². The van der Waals surface area contributed by atoms with Gasteiger partial charge in [-0.3, -0.25) is 4.90 Å². The maximum atomic E-state index is 5.07. The van der Waals surface area contributed by atoms with E-state index in [0.717, 1.165) is 18.5 Å². The average molecular weight is 343 g/mol. The molecular formula is C23H25N3. The van der Waals surface area contributed by atoms with Gasteiger partial charge in [-0.1, -0.05) is 42.3 Å². The van der Waals surface area contributed by atoms with Crippen LogP contribution in [-0.4, -0.2) is 33.1 Å². The fourth-order valence-electron chi connectivity index (χ4n) is 5.31. The van der Waals surface area contributed by atoms with Gasteiger partial charge in [0.15, 0.2) is 0 Å². The largest absolute Gasteiger partial charge is 0.323 e. The Hall–Kier alpha value is -2.13. The molecule has 3 heteroatoms. The summed E-state index contributed by atoms with van der Waals surface area (Å²) in [6.07, 6.45) is 6.68. The number of nitrogens with zero attached hydrogens (tertiary/aromatic N) is 3. The molecule has 2 bridgehead atoms. The maximum absolute atomic E-state index is 5.07. The van der Waals surface area contributed by atoms with Crippen molar-refractivity contribution in [2.45, 2.75) is 57.2 Å². The first-order valence-corrected chi connectivity index (χ1v) is 10.1. The van der Waals surface area contributed by atoms with Crippen molar-refractivity contribution in [1.29, 1.82) is 0 Å². The molecule has 132 valence electrons. The highest BCUT2D eigenvalue weighted by atomic mass is 15.3. The van der Waals surface area contributed by atoms with Crippen molar-refractivity contribution in [2.75, 3.05) is 6.54 Å². The van der Waals surface area contributed by atoms with E-state index in [1.54, 1.807) is 0 Å². The van der Waals surface area contributed by atoms with Crippen LogP contribution < -0.4 is 0 Å². The zero-order valence-corrected chi connectivity index (χ0v) is 15.4. The monoisotopic (exact) mass is 343 g/mol. The van der Waals surface area contributed by atoms with Crippen molar-refractivity contribution in [3.63, 3.8) is 0 Å². The van der Waals surface area contributed by atoms with E-state index in [0.29, 0.717) is 6.04 Å². The van der Waals surface area contributed by atoms with Crippen LogP contribution in [-0.2, 0) is 6.42 Å². The summed E-state index contributed by atoms with van der Waals surface area (Å²) in [5.41, 5.74) is 6.35. The number of fused-ring (bicyclic) bond motifs is 6. The van der Waals surface area contributed by atoms with Crippen LogP contribution in [0.1, 0.15) is 43.1 Å². The molecule has 2 aliphatic heterocycles. The minimum Gasteiger partial charge on any atom is -0.323 e. The van der Waals surface area contributed by atoms with Crippen molar-refractivity contribution in [1.82, 2.24) is 14.5 Å². The van der Waals surface area contributed by atoms with Crippen LogP contribution in [0.2, 0.25) is 0 Å². The zero-order valence-electron chi connectivity index (χ0n) is 15.4. The van der Waals surface area contributed by atoms with Crippen molar-refractivity contribution in [2.24, 2.45) is 0 Å². The molecule has 1 aromatic heterocycles. The number of likely N-dealkylation sites (tertiary alicyclic amines) is 1. The van der Waals surface area contributed by atoms with E-state index in [1.807, 2.05) is 0 Å². The summed E-state index contributed by atoms with van der Waals surface area (Å²) in [7, 11) is 0. The molecule has 2 unspecified atom stereocenters. The molecule has 6 rings (SSSR count). The summed E-state index contributed by atoms with van der Waals surface area (Å²) in [5, 5.41) is 0. The van der Waals surface area contributed by atoms with Crippen LogP contribution in [0.25, 0.3) is 22.2 Å². The molecule has 2 aromatic carbocycles. The van der Waals surface area contributed by atoms with Crippen LogP contribution in [0, 0.1) is 6.92 Å². The fraction of sp³-hybridized carbons (Fsp3) is 0.435. The molecule has 1 saturated carbocycles. The predicted molar refractivity (Wildman–Crippen MR) is 105 cm³/mol. The minimum atomic E-state index is 0.625. The lowest BCUT2D eigenvalue weighted by atomic mass is 9.90. The van der Waals surface area contributed by atoms with E-state index in [1.165, 1.54) is 65.8 Å². The first kappa shape index (κ1) is 15.0. The smallest absolute Gasteiger partial charge is 0.111 e. The number of hydrogen-bond acceptors (Lipinski definition) is 2. The van der Waals surface area contributed by atoms with Gasteiger partial charge < -0.3 is 4.57 Å². The standard InChI is InChI=1S/C23H25N3/c1-15-5-7-16(8-6-15)17-9-10-22-21(11-17)24-23-13-19-12-20(26(22)23)14-25(19)18-3-2-4-18/h5-11,18-20H,2-4,12-14H2,1H3. The van der Waals surface area contributed by atoms with E-state index in [-0.39, 0.29) is 0 Å². The van der Waals surface area contributed by atoms with Crippen LogP contribution in [0.5, 0.6) is 0 Å². The lowest BCUT2D eigenvalue weighted by molar-refractivity contribution is 0.114. The molecule has 3 nitrogen and oxygen atoms in total. The van der Waals surface area contributed by atoms with Gasteiger partial charge in [0.25, 0.3) is 0 Å². The SMILES string of the molecule is Cc1ccc(-c2ccc3c(c2)nc2n3C3CC(C2)N(C2CCC2)C3)cc1. The van der Waals surface area contributed by atoms with Crippen molar-refractivity contribution < 1.29 is 0 Å². The quantitative estimate of drug-likeness (QED) is 0.670. The third kappa shape index (κ3) is 2.13. The summed E-state index contributed by atoms with van der Waals surface area (Å²) in [4.78, 5) is 7.87. The van der Waals surface area contributed by atoms with Gasteiger partial charge in [-0.25, -0.2) is 4.98 Å². The van der Waals surface area contributed by atoms with E-state index >= 15 is 0 Å². The van der Waals surface area contributed by atoms with Gasteiger partial charge in [-0.2, -0.15) is 0 Å². The number of rotatable bonds is 2. The molecule has 0 N–H and O–H groups in total. The third-order valence-corrected chi connectivity index (χ3v) is 6.91. The molecular weight excluding hydrogens is 318 g/mol. The Kier molecular flexibility index (Phi) is 3.13. The van der Waals surface area contributed by atoms with Gasteiger partial charge in [-0.05, 0) is 49.4 Å². The van der Waals surface area contributed by atoms with Crippen LogP contribution >= 0.6 is 0 Å². The molecule has 0 spiro atoms. The number of benzene rings is 2. The maximum Gasteiger partial charge on any atom is 0.111 e. The molecule has 3 heterocycles. The summed E-state index contributed by atoms with van der Waals surface area (Å²) < 4.78 is 2.56. The lowest BCUT2D eigenvalue weighted by Crippen LogP contribution is -2.43. The highest BCUT2D eigenvalue weighted by molar-refractivity contribution is 5.83. The molecule has 26 heavy (non-hydrogen) atoms. The highest BCUT2D eigenvalue weighted by Gasteiger charge is 2.43. The van der Waals surface area contributed by atoms with Crippen LogP contribution in [0.3, 0.4) is 0 Å². The topological polar surface area (TPSA) is 21.1 Å². The second-order valence-electron chi connectivity index (χ2n) is 8.50. The Labute approximate surface area is 154 Å². The van der Waals surface area contributed by atoms with Crippen molar-refractivity contribution >= 4 is 11.0 Å². The predicted octanol–water partition coefficient (Wildman–Crippen LogP) is 4.74. The van der Waals surface area contributed by atoms with Crippen LogP contribution in [0.15, 0.2) is 42.5 Å². The Morgan fingerprint density at radius 3 is 2.50 bits per heavy atom. The second-order valence-corrected chi connectivity index (χ2v) is 8.50. The average Bonchev–Trinajstić information content (AvgIpc) is 3.13. The number of imidazole rings is 1. The Bertz CT molecular complexity index is 981. The Morgan fingerprint density at radius 1 is 0.923 bits per heavy atom. The Morgan fingerprint density at radius 2 is 1.73 bits per heavy atom. The van der Waals surface area contributed by atoms with E-state index < -0.39 is 0 Å². The number of aryl methyl sites for hydroxylation is 1. The molecule has 2 fully saturated rings. The van der Waals surface area contributed by atoms with Gasteiger partial charge in [0, 0.05) is 31.1 Å². The van der Waals surface area contributed by atoms with Crippen molar-refractivity contribution in [3.05, 3.63) is 53.9 Å². The summed E-state index contributed by atoms with van der Waals surface area (Å²) >= 11 is 0. The van der Waals surface area contributed by atoms with Gasteiger partial charge in [-0.15, -0.1) is 0 Å². The van der Waals surface area contributed by atoms with Gasteiger partial charge >= 0.3 is 0 Å². The summed E-state index contributed by atoms with van der Waals surface area (Å²) in [6, 6.07) is 17.9. The first-order chi connectivity index (χ1) is 12.8. The molecule has 3 aliphatic rings. The van der Waals surface area contributed by atoms with Crippen LogP contribution in [0.4, 0.5) is 0 Å². The molecule has 1 aliphatic carbocycles. The number of hydrogen-bond donors (Lipinski definition) is 0. The second kappa shape index (κ2) is 5.43. The highest BCUT2D eigenvalue weighted by Crippen LogP contribution is 2.42. The lowest BCUT2D eigenvalue weighted by Gasteiger charge is -2.38. The van der Waals surface area contributed by atoms with E-state index in [2.05, 4.69) is 58.9 Å². The zero-order chi connectivity index (χ0) is 17.3. The Balaban J connectivity index is 1.38. The number of aromatic nitrogens is 2. The third-order valence-electron chi connectivity index (χ3n) is 6.91.